The van der Waals surface area contributed by atoms with Crippen LogP contribution in [0.2, 0.25) is 0 Å². The second-order valence-electron chi connectivity index (χ2n) is 4.86. The zero-order valence-electron chi connectivity index (χ0n) is 11.5. The van der Waals surface area contributed by atoms with Crippen molar-refractivity contribution in [2.75, 3.05) is 16.2 Å². The van der Waals surface area contributed by atoms with Gasteiger partial charge >= 0.3 is 0 Å². The number of carbonyl (C=O) groups excluding carboxylic acids is 1. The molecular formula is C14H13BrN2O3S2. The first kappa shape index (κ1) is 15.5. The van der Waals surface area contributed by atoms with Gasteiger partial charge in [-0.25, -0.2) is 8.42 Å². The highest BCUT2D eigenvalue weighted by Crippen LogP contribution is 2.29. The van der Waals surface area contributed by atoms with Crippen LogP contribution in [0.4, 0.5) is 11.4 Å². The first-order chi connectivity index (χ1) is 10.5. The Labute approximate surface area is 141 Å². The number of halogens is 1. The molecule has 1 aromatic carbocycles. The standard InChI is InChI=1S/C14H13BrN2O3S2/c15-12-6-7-14(21-12)22(19,20)16-10-3-1-4-11(9-10)17-8-2-5-13(17)18/h1,3-4,6-7,9,16H,2,5,8H2. The second-order valence-corrected chi connectivity index (χ2v) is 9.24. The van der Waals surface area contributed by atoms with Crippen molar-refractivity contribution in [1.29, 1.82) is 0 Å². The molecule has 0 radical (unpaired) electrons. The third kappa shape index (κ3) is 3.18. The van der Waals surface area contributed by atoms with Gasteiger partial charge in [0.25, 0.3) is 10.0 Å². The predicted molar refractivity (Wildman–Crippen MR) is 90.9 cm³/mol. The fraction of sp³-hybridized carbons (Fsp3) is 0.214. The Bertz CT molecular complexity index is 817. The number of anilines is 2. The van der Waals surface area contributed by atoms with Gasteiger partial charge in [0, 0.05) is 18.7 Å². The fourth-order valence-electron chi connectivity index (χ4n) is 2.31. The van der Waals surface area contributed by atoms with Gasteiger partial charge in [-0.15, -0.1) is 11.3 Å². The van der Waals surface area contributed by atoms with Crippen molar-refractivity contribution in [3.05, 3.63) is 40.2 Å². The molecule has 0 bridgehead atoms. The van der Waals surface area contributed by atoms with Crippen LogP contribution in [0.15, 0.2) is 44.4 Å². The van der Waals surface area contributed by atoms with Gasteiger partial charge in [0.2, 0.25) is 5.91 Å². The first-order valence-corrected chi connectivity index (χ1v) is 9.73. The maximum Gasteiger partial charge on any atom is 0.271 e. The second kappa shape index (κ2) is 6.02. The Morgan fingerprint density at radius 2 is 2.05 bits per heavy atom. The molecule has 116 valence electrons. The number of hydrogen-bond acceptors (Lipinski definition) is 4. The average molecular weight is 401 g/mol. The van der Waals surface area contributed by atoms with Crippen LogP contribution in [0.1, 0.15) is 12.8 Å². The minimum atomic E-state index is -3.61. The number of hydrogen-bond donors (Lipinski definition) is 1. The summed E-state index contributed by atoms with van der Waals surface area (Å²) in [5, 5.41) is 0. The van der Waals surface area contributed by atoms with Crippen molar-refractivity contribution in [2.45, 2.75) is 17.1 Å². The molecule has 1 aliphatic rings. The summed E-state index contributed by atoms with van der Waals surface area (Å²) in [4.78, 5) is 13.5. The van der Waals surface area contributed by atoms with Crippen molar-refractivity contribution < 1.29 is 13.2 Å². The van der Waals surface area contributed by atoms with Gasteiger partial charge in [-0.1, -0.05) is 6.07 Å². The van der Waals surface area contributed by atoms with Gasteiger partial charge in [-0.3, -0.25) is 9.52 Å². The molecule has 3 rings (SSSR count). The molecule has 5 nitrogen and oxygen atoms in total. The van der Waals surface area contributed by atoms with E-state index < -0.39 is 10.0 Å². The lowest BCUT2D eigenvalue weighted by atomic mass is 10.2. The monoisotopic (exact) mass is 400 g/mol. The number of benzene rings is 1. The number of thiophene rings is 1. The topological polar surface area (TPSA) is 66.5 Å². The third-order valence-corrected chi connectivity index (χ3v) is 6.79. The van der Waals surface area contributed by atoms with Crippen molar-refractivity contribution in [1.82, 2.24) is 0 Å². The van der Waals surface area contributed by atoms with E-state index in [0.29, 0.717) is 18.7 Å². The summed E-state index contributed by atoms with van der Waals surface area (Å²) in [6.45, 7) is 0.674. The Balaban J connectivity index is 1.85. The largest absolute Gasteiger partial charge is 0.312 e. The van der Waals surface area contributed by atoms with E-state index in [4.69, 9.17) is 0 Å². The number of amides is 1. The molecule has 8 heteroatoms. The number of sulfonamides is 1. The number of nitrogens with zero attached hydrogens (tertiary/aromatic N) is 1. The number of nitrogens with one attached hydrogen (secondary N) is 1. The molecule has 1 aliphatic heterocycles. The van der Waals surface area contributed by atoms with Gasteiger partial charge in [0.05, 0.1) is 9.47 Å². The SMILES string of the molecule is O=C1CCCN1c1cccc(NS(=O)(=O)c2ccc(Br)s2)c1. The van der Waals surface area contributed by atoms with E-state index in [1.165, 1.54) is 0 Å². The molecule has 2 aromatic rings. The quantitative estimate of drug-likeness (QED) is 0.854. The van der Waals surface area contributed by atoms with E-state index in [-0.39, 0.29) is 10.1 Å². The van der Waals surface area contributed by atoms with E-state index in [1.807, 2.05) is 6.07 Å². The Hall–Kier alpha value is -1.38. The summed E-state index contributed by atoms with van der Waals surface area (Å²) in [6.07, 6.45) is 1.37. The molecule has 2 heterocycles. The van der Waals surface area contributed by atoms with E-state index >= 15 is 0 Å². The van der Waals surface area contributed by atoms with Crippen molar-refractivity contribution >= 4 is 54.6 Å². The molecular weight excluding hydrogens is 388 g/mol. The highest BCUT2D eigenvalue weighted by molar-refractivity contribution is 9.11. The summed E-state index contributed by atoms with van der Waals surface area (Å²) in [5.41, 5.74) is 1.16. The molecule has 0 spiro atoms. The molecule has 1 saturated heterocycles. The Morgan fingerprint density at radius 3 is 2.68 bits per heavy atom. The van der Waals surface area contributed by atoms with Crippen molar-refractivity contribution in [3.8, 4) is 0 Å². The third-order valence-electron chi connectivity index (χ3n) is 3.30. The molecule has 1 fully saturated rings. The Morgan fingerprint density at radius 1 is 1.23 bits per heavy atom. The zero-order chi connectivity index (χ0) is 15.7. The minimum Gasteiger partial charge on any atom is -0.312 e. The minimum absolute atomic E-state index is 0.0715. The number of rotatable bonds is 4. The van der Waals surface area contributed by atoms with Crippen molar-refractivity contribution in [2.24, 2.45) is 0 Å². The summed E-state index contributed by atoms with van der Waals surface area (Å²) in [5.74, 6) is 0.0715. The van der Waals surface area contributed by atoms with Crippen molar-refractivity contribution in [3.63, 3.8) is 0 Å². The lowest BCUT2D eigenvalue weighted by molar-refractivity contribution is -0.117. The molecule has 1 aromatic heterocycles. The van der Waals surface area contributed by atoms with E-state index in [0.717, 1.165) is 27.2 Å². The fourth-order valence-corrected chi connectivity index (χ4v) is 5.37. The van der Waals surface area contributed by atoms with Gasteiger partial charge in [-0.2, -0.15) is 0 Å². The lowest BCUT2D eigenvalue weighted by Crippen LogP contribution is -2.23. The summed E-state index contributed by atoms with van der Waals surface area (Å²) < 4.78 is 28.2. The van der Waals surface area contributed by atoms with Crippen LogP contribution in [0.25, 0.3) is 0 Å². The maximum absolute atomic E-state index is 12.3. The summed E-state index contributed by atoms with van der Waals surface area (Å²) in [7, 11) is -3.61. The predicted octanol–water partition coefficient (Wildman–Crippen LogP) is 3.44. The summed E-state index contributed by atoms with van der Waals surface area (Å²) in [6, 6.07) is 10.1. The Kier molecular flexibility index (Phi) is 4.24. The molecule has 1 N–H and O–H groups in total. The molecule has 1 amide bonds. The van der Waals surface area contributed by atoms with Crippen LogP contribution in [-0.2, 0) is 14.8 Å². The van der Waals surface area contributed by atoms with Crippen LogP contribution in [0.5, 0.6) is 0 Å². The normalized spacial score (nSPS) is 15.3. The van der Waals surface area contributed by atoms with Crippen LogP contribution < -0.4 is 9.62 Å². The van der Waals surface area contributed by atoms with E-state index in [9.17, 15) is 13.2 Å². The number of carbonyl (C=O) groups is 1. The van der Waals surface area contributed by atoms with Crippen LogP contribution in [-0.4, -0.2) is 20.9 Å². The molecule has 0 saturated carbocycles. The van der Waals surface area contributed by atoms with Crippen LogP contribution in [0, 0.1) is 0 Å². The zero-order valence-corrected chi connectivity index (χ0v) is 14.7. The summed E-state index contributed by atoms with van der Waals surface area (Å²) >= 11 is 4.40. The molecule has 22 heavy (non-hydrogen) atoms. The smallest absolute Gasteiger partial charge is 0.271 e. The molecule has 0 unspecified atom stereocenters. The van der Waals surface area contributed by atoms with E-state index in [1.54, 1.807) is 35.2 Å². The maximum atomic E-state index is 12.3. The highest BCUT2D eigenvalue weighted by atomic mass is 79.9. The average Bonchev–Trinajstić information content (AvgIpc) is 3.07. The highest BCUT2D eigenvalue weighted by Gasteiger charge is 2.22. The van der Waals surface area contributed by atoms with Gasteiger partial charge in [-0.05, 0) is 52.7 Å². The lowest BCUT2D eigenvalue weighted by Gasteiger charge is -2.16. The first-order valence-electron chi connectivity index (χ1n) is 6.64. The molecule has 0 aliphatic carbocycles. The van der Waals surface area contributed by atoms with Gasteiger partial charge < -0.3 is 4.90 Å². The van der Waals surface area contributed by atoms with Gasteiger partial charge in [0.1, 0.15) is 4.21 Å². The van der Waals surface area contributed by atoms with E-state index in [2.05, 4.69) is 20.7 Å². The van der Waals surface area contributed by atoms with Gasteiger partial charge in [0.15, 0.2) is 0 Å². The van der Waals surface area contributed by atoms with Crippen LogP contribution in [0.3, 0.4) is 0 Å². The van der Waals surface area contributed by atoms with Crippen LogP contribution >= 0.6 is 27.3 Å². The molecule has 0 atom stereocenters.